The molecule has 19 heavy (non-hydrogen) atoms. The number of piperazine rings is 1. The first-order valence-electron chi connectivity index (χ1n) is 7.04. The van der Waals surface area contributed by atoms with E-state index >= 15 is 0 Å². The molecule has 0 saturated carbocycles. The van der Waals surface area contributed by atoms with E-state index in [9.17, 15) is 0 Å². The molecule has 0 radical (unpaired) electrons. The third-order valence-corrected chi connectivity index (χ3v) is 3.14. The first kappa shape index (κ1) is 15.6. The van der Waals surface area contributed by atoms with Crippen molar-refractivity contribution >= 4 is 11.4 Å². The standard InChI is InChI=1S/C13H21N3O.C2H6/c1-9-7-16(8-10(2)15-9)11-4-5-12(14)13(6-11)17-3;1-2/h4-6,9-10,15H,7-8,14H2,1-3H3;1-2H3/t9-,10+;. The van der Waals surface area contributed by atoms with E-state index in [0.717, 1.165) is 18.8 Å². The molecule has 1 aromatic carbocycles. The first-order valence-corrected chi connectivity index (χ1v) is 7.04. The van der Waals surface area contributed by atoms with Gasteiger partial charge in [-0.3, -0.25) is 0 Å². The van der Waals surface area contributed by atoms with Crippen LogP contribution in [0.4, 0.5) is 11.4 Å². The van der Waals surface area contributed by atoms with Crippen LogP contribution in [0.1, 0.15) is 27.7 Å². The van der Waals surface area contributed by atoms with Gasteiger partial charge in [0.05, 0.1) is 12.8 Å². The SMILES string of the molecule is CC.COc1cc(N2C[C@@H](C)N[C@@H](C)C2)ccc1N. The summed E-state index contributed by atoms with van der Waals surface area (Å²) in [5.74, 6) is 0.751. The van der Waals surface area contributed by atoms with Crippen LogP contribution in [0, 0.1) is 0 Å². The van der Waals surface area contributed by atoms with Gasteiger partial charge in [0.15, 0.2) is 0 Å². The van der Waals surface area contributed by atoms with Crippen LogP contribution < -0.4 is 20.7 Å². The Bertz CT molecular complexity index is 385. The lowest BCUT2D eigenvalue weighted by molar-refractivity contribution is 0.403. The van der Waals surface area contributed by atoms with Gasteiger partial charge < -0.3 is 20.7 Å². The topological polar surface area (TPSA) is 50.5 Å². The molecule has 1 saturated heterocycles. The maximum atomic E-state index is 5.83. The molecule has 3 N–H and O–H groups in total. The molecule has 0 aliphatic carbocycles. The fourth-order valence-electron chi connectivity index (χ4n) is 2.43. The first-order chi connectivity index (χ1) is 9.10. The lowest BCUT2D eigenvalue weighted by Crippen LogP contribution is -2.54. The highest BCUT2D eigenvalue weighted by Crippen LogP contribution is 2.28. The van der Waals surface area contributed by atoms with E-state index in [1.54, 1.807) is 7.11 Å². The number of nitrogens with zero attached hydrogens (tertiary/aromatic N) is 1. The molecule has 1 heterocycles. The number of nitrogens with one attached hydrogen (secondary N) is 1. The van der Waals surface area contributed by atoms with E-state index < -0.39 is 0 Å². The third-order valence-electron chi connectivity index (χ3n) is 3.14. The van der Waals surface area contributed by atoms with E-state index in [4.69, 9.17) is 10.5 Å². The molecule has 0 aromatic heterocycles. The minimum Gasteiger partial charge on any atom is -0.495 e. The molecule has 1 aliphatic heterocycles. The fraction of sp³-hybridized carbons (Fsp3) is 0.600. The smallest absolute Gasteiger partial charge is 0.143 e. The van der Waals surface area contributed by atoms with Gasteiger partial charge in [-0.25, -0.2) is 0 Å². The Morgan fingerprint density at radius 2 is 1.79 bits per heavy atom. The fourth-order valence-corrected chi connectivity index (χ4v) is 2.43. The van der Waals surface area contributed by atoms with Crippen LogP contribution >= 0.6 is 0 Å². The highest BCUT2D eigenvalue weighted by Gasteiger charge is 2.21. The van der Waals surface area contributed by atoms with Crippen LogP contribution in [0.5, 0.6) is 5.75 Å². The van der Waals surface area contributed by atoms with Crippen molar-refractivity contribution in [1.82, 2.24) is 5.32 Å². The zero-order valence-electron chi connectivity index (χ0n) is 12.7. The number of anilines is 2. The van der Waals surface area contributed by atoms with Crippen molar-refractivity contribution in [2.45, 2.75) is 39.8 Å². The predicted octanol–water partition coefficient (Wildman–Crippen LogP) is 2.49. The maximum Gasteiger partial charge on any atom is 0.143 e. The van der Waals surface area contributed by atoms with E-state index in [0.29, 0.717) is 17.8 Å². The highest BCUT2D eigenvalue weighted by molar-refractivity contribution is 5.62. The Balaban J connectivity index is 0.000000861. The van der Waals surface area contributed by atoms with Gasteiger partial charge >= 0.3 is 0 Å². The van der Waals surface area contributed by atoms with Crippen molar-refractivity contribution in [2.75, 3.05) is 30.8 Å². The minimum absolute atomic E-state index is 0.502. The number of nitrogen functional groups attached to an aromatic ring is 1. The molecule has 4 nitrogen and oxygen atoms in total. The molecule has 2 rings (SSSR count). The summed E-state index contributed by atoms with van der Waals surface area (Å²) in [6.07, 6.45) is 0. The average molecular weight is 265 g/mol. The molecule has 1 fully saturated rings. The van der Waals surface area contributed by atoms with Crippen molar-refractivity contribution in [3.05, 3.63) is 18.2 Å². The highest BCUT2D eigenvalue weighted by atomic mass is 16.5. The molecule has 0 spiro atoms. The van der Waals surface area contributed by atoms with Crippen LogP contribution in [0.3, 0.4) is 0 Å². The summed E-state index contributed by atoms with van der Waals surface area (Å²) >= 11 is 0. The van der Waals surface area contributed by atoms with Crippen LogP contribution in [0.2, 0.25) is 0 Å². The molecular weight excluding hydrogens is 238 g/mol. The normalized spacial score (nSPS) is 22.5. The Labute approximate surface area is 116 Å². The van der Waals surface area contributed by atoms with Crippen molar-refractivity contribution < 1.29 is 4.74 Å². The number of ether oxygens (including phenoxy) is 1. The second kappa shape index (κ2) is 7.24. The van der Waals surface area contributed by atoms with Crippen molar-refractivity contribution in [3.63, 3.8) is 0 Å². The van der Waals surface area contributed by atoms with E-state index in [1.807, 2.05) is 26.0 Å². The molecular formula is C15H27N3O. The number of methoxy groups -OCH3 is 1. The zero-order valence-corrected chi connectivity index (χ0v) is 12.7. The van der Waals surface area contributed by atoms with Crippen LogP contribution in [0.15, 0.2) is 18.2 Å². The van der Waals surface area contributed by atoms with Gasteiger partial charge in [-0.05, 0) is 26.0 Å². The Morgan fingerprint density at radius 1 is 1.21 bits per heavy atom. The maximum absolute atomic E-state index is 5.83. The average Bonchev–Trinajstić information content (AvgIpc) is 2.40. The van der Waals surface area contributed by atoms with Crippen LogP contribution in [0.25, 0.3) is 0 Å². The Hall–Kier alpha value is -1.42. The molecule has 0 unspecified atom stereocenters. The van der Waals surface area contributed by atoms with Crippen molar-refractivity contribution in [1.29, 1.82) is 0 Å². The largest absolute Gasteiger partial charge is 0.495 e. The lowest BCUT2D eigenvalue weighted by atomic mass is 10.1. The molecule has 0 amide bonds. The van der Waals surface area contributed by atoms with Gasteiger partial charge in [0.2, 0.25) is 0 Å². The number of nitrogens with two attached hydrogens (primary N) is 1. The second-order valence-corrected chi connectivity index (χ2v) is 4.80. The van der Waals surface area contributed by atoms with Crippen LogP contribution in [-0.4, -0.2) is 32.3 Å². The van der Waals surface area contributed by atoms with Gasteiger partial charge in [0.1, 0.15) is 5.75 Å². The minimum atomic E-state index is 0.502. The number of rotatable bonds is 2. The molecule has 4 heteroatoms. The quantitative estimate of drug-likeness (QED) is 0.807. The van der Waals surface area contributed by atoms with Gasteiger partial charge in [0, 0.05) is 36.9 Å². The van der Waals surface area contributed by atoms with Crippen molar-refractivity contribution in [2.24, 2.45) is 0 Å². The number of hydrogen-bond acceptors (Lipinski definition) is 4. The summed E-state index contributed by atoms with van der Waals surface area (Å²) in [5, 5.41) is 3.52. The molecule has 108 valence electrons. The molecule has 1 aliphatic rings. The van der Waals surface area contributed by atoms with Crippen molar-refractivity contribution in [3.8, 4) is 5.75 Å². The van der Waals surface area contributed by atoms with Gasteiger partial charge in [-0.15, -0.1) is 0 Å². The lowest BCUT2D eigenvalue weighted by Gasteiger charge is -2.37. The molecule has 0 bridgehead atoms. The number of benzene rings is 1. The van der Waals surface area contributed by atoms with Gasteiger partial charge in [-0.2, -0.15) is 0 Å². The van der Waals surface area contributed by atoms with E-state index in [2.05, 4.69) is 30.1 Å². The summed E-state index contributed by atoms with van der Waals surface area (Å²) in [7, 11) is 1.65. The Kier molecular flexibility index (Phi) is 5.96. The van der Waals surface area contributed by atoms with E-state index in [-0.39, 0.29) is 0 Å². The zero-order chi connectivity index (χ0) is 14.4. The summed E-state index contributed by atoms with van der Waals surface area (Å²) in [6, 6.07) is 6.98. The second-order valence-electron chi connectivity index (χ2n) is 4.80. The van der Waals surface area contributed by atoms with E-state index in [1.165, 1.54) is 5.69 Å². The molecule has 2 atom stereocenters. The monoisotopic (exact) mass is 265 g/mol. The van der Waals surface area contributed by atoms with Gasteiger partial charge in [0.25, 0.3) is 0 Å². The third kappa shape index (κ3) is 4.03. The summed E-state index contributed by atoms with van der Waals surface area (Å²) in [4.78, 5) is 2.37. The summed E-state index contributed by atoms with van der Waals surface area (Å²) < 4.78 is 5.26. The molecule has 1 aromatic rings. The summed E-state index contributed by atoms with van der Waals surface area (Å²) in [6.45, 7) is 10.4. The van der Waals surface area contributed by atoms with Gasteiger partial charge in [-0.1, -0.05) is 13.8 Å². The summed E-state index contributed by atoms with van der Waals surface area (Å²) in [5.41, 5.74) is 7.69. The van der Waals surface area contributed by atoms with Crippen LogP contribution in [-0.2, 0) is 0 Å². The number of hydrogen-bond donors (Lipinski definition) is 2. The predicted molar refractivity (Wildman–Crippen MR) is 83.0 cm³/mol. The Morgan fingerprint density at radius 3 is 2.32 bits per heavy atom.